The third kappa shape index (κ3) is 3.82. The Hall–Kier alpha value is -2.08. The molecule has 0 aliphatic carbocycles. The van der Waals surface area contributed by atoms with E-state index in [0.29, 0.717) is 35.7 Å². The summed E-state index contributed by atoms with van der Waals surface area (Å²) in [5.41, 5.74) is 1.17. The molecule has 4 nitrogen and oxygen atoms in total. The first-order chi connectivity index (χ1) is 11.1. The highest BCUT2D eigenvalue weighted by Gasteiger charge is 2.12. The number of halogens is 2. The standard InChI is InChI=1S/C17H15BrFNO3/c18-13-4-3-12(9-14(13)19)17(21)20-10-11-2-5-15-16(8-11)23-7-1-6-22-15/h2-5,8-9H,1,6-7,10H2,(H,20,21). The van der Waals surface area contributed by atoms with Gasteiger partial charge in [0.1, 0.15) is 5.82 Å². The fraction of sp³-hybridized carbons (Fsp3) is 0.235. The molecule has 1 amide bonds. The smallest absolute Gasteiger partial charge is 0.251 e. The summed E-state index contributed by atoms with van der Waals surface area (Å²) >= 11 is 3.06. The molecule has 0 aromatic heterocycles. The van der Waals surface area contributed by atoms with Gasteiger partial charge in [-0.15, -0.1) is 0 Å². The predicted octanol–water partition coefficient (Wildman–Crippen LogP) is 3.68. The number of ether oxygens (including phenoxy) is 2. The molecular weight excluding hydrogens is 365 g/mol. The van der Waals surface area contributed by atoms with Gasteiger partial charge in [0.25, 0.3) is 5.91 Å². The van der Waals surface area contributed by atoms with Gasteiger partial charge in [-0.3, -0.25) is 4.79 Å². The summed E-state index contributed by atoms with van der Waals surface area (Å²) in [6.45, 7) is 1.58. The molecule has 1 heterocycles. The Morgan fingerprint density at radius 2 is 1.91 bits per heavy atom. The summed E-state index contributed by atoms with van der Waals surface area (Å²) in [5, 5.41) is 2.77. The number of carbonyl (C=O) groups is 1. The normalized spacial score (nSPS) is 13.3. The third-order valence-corrected chi connectivity index (χ3v) is 4.09. The number of benzene rings is 2. The molecule has 0 fully saturated rings. The Bertz CT molecular complexity index is 736. The van der Waals surface area contributed by atoms with Crippen LogP contribution < -0.4 is 14.8 Å². The second-order valence-electron chi connectivity index (χ2n) is 5.14. The monoisotopic (exact) mass is 379 g/mol. The molecule has 2 aromatic carbocycles. The van der Waals surface area contributed by atoms with Crippen molar-refractivity contribution in [1.29, 1.82) is 0 Å². The first-order valence-corrected chi connectivity index (χ1v) is 8.04. The van der Waals surface area contributed by atoms with Crippen LogP contribution in [0.15, 0.2) is 40.9 Å². The number of hydrogen-bond acceptors (Lipinski definition) is 3. The van der Waals surface area contributed by atoms with Gasteiger partial charge in [0.2, 0.25) is 0 Å². The lowest BCUT2D eigenvalue weighted by Crippen LogP contribution is -2.22. The highest BCUT2D eigenvalue weighted by molar-refractivity contribution is 9.10. The van der Waals surface area contributed by atoms with Crippen molar-refractivity contribution in [1.82, 2.24) is 5.32 Å². The quantitative estimate of drug-likeness (QED) is 0.884. The van der Waals surface area contributed by atoms with Crippen LogP contribution in [0.25, 0.3) is 0 Å². The van der Waals surface area contributed by atoms with E-state index >= 15 is 0 Å². The molecule has 0 radical (unpaired) electrons. The molecule has 120 valence electrons. The van der Waals surface area contributed by atoms with Crippen molar-refractivity contribution in [2.24, 2.45) is 0 Å². The molecule has 0 saturated heterocycles. The molecule has 1 N–H and O–H groups in total. The minimum Gasteiger partial charge on any atom is -0.490 e. The van der Waals surface area contributed by atoms with Gasteiger partial charge in [-0.05, 0) is 51.8 Å². The maximum absolute atomic E-state index is 13.5. The molecule has 0 bridgehead atoms. The average molecular weight is 380 g/mol. The second-order valence-corrected chi connectivity index (χ2v) is 6.00. The molecule has 3 rings (SSSR count). The second kappa shape index (κ2) is 7.00. The van der Waals surface area contributed by atoms with Crippen molar-refractivity contribution in [2.75, 3.05) is 13.2 Å². The zero-order valence-corrected chi connectivity index (χ0v) is 13.9. The van der Waals surface area contributed by atoms with Crippen LogP contribution in [-0.2, 0) is 6.54 Å². The van der Waals surface area contributed by atoms with Crippen LogP contribution in [0.5, 0.6) is 11.5 Å². The number of nitrogens with one attached hydrogen (secondary N) is 1. The predicted molar refractivity (Wildman–Crippen MR) is 87.3 cm³/mol. The summed E-state index contributed by atoms with van der Waals surface area (Å²) in [7, 11) is 0. The van der Waals surface area contributed by atoms with Crippen molar-refractivity contribution in [2.45, 2.75) is 13.0 Å². The Kier molecular flexibility index (Phi) is 4.81. The van der Waals surface area contributed by atoms with Crippen molar-refractivity contribution < 1.29 is 18.7 Å². The number of carbonyl (C=O) groups excluding carboxylic acids is 1. The lowest BCUT2D eigenvalue weighted by Gasteiger charge is -2.10. The van der Waals surface area contributed by atoms with E-state index in [-0.39, 0.29) is 11.5 Å². The fourth-order valence-electron chi connectivity index (χ4n) is 2.24. The first kappa shape index (κ1) is 15.8. The van der Waals surface area contributed by atoms with Crippen LogP contribution in [0.3, 0.4) is 0 Å². The fourth-order valence-corrected chi connectivity index (χ4v) is 2.49. The van der Waals surface area contributed by atoms with E-state index in [0.717, 1.165) is 12.0 Å². The highest BCUT2D eigenvalue weighted by Crippen LogP contribution is 2.30. The number of rotatable bonds is 3. The van der Waals surface area contributed by atoms with E-state index < -0.39 is 5.82 Å². The van der Waals surface area contributed by atoms with Crippen LogP contribution in [0.2, 0.25) is 0 Å². The van der Waals surface area contributed by atoms with Gasteiger partial charge in [-0.25, -0.2) is 4.39 Å². The largest absolute Gasteiger partial charge is 0.490 e. The molecule has 0 unspecified atom stereocenters. The number of amides is 1. The highest BCUT2D eigenvalue weighted by atomic mass is 79.9. The van der Waals surface area contributed by atoms with E-state index in [1.54, 1.807) is 6.07 Å². The molecule has 1 aliphatic rings. The Morgan fingerprint density at radius 3 is 2.70 bits per heavy atom. The summed E-state index contributed by atoms with van der Waals surface area (Å²) < 4.78 is 25.0. The van der Waals surface area contributed by atoms with Crippen LogP contribution in [0.4, 0.5) is 4.39 Å². The van der Waals surface area contributed by atoms with Crippen molar-refractivity contribution in [3.8, 4) is 11.5 Å². The zero-order valence-electron chi connectivity index (χ0n) is 12.3. The minimum absolute atomic E-state index is 0.278. The van der Waals surface area contributed by atoms with Crippen LogP contribution >= 0.6 is 15.9 Å². The van der Waals surface area contributed by atoms with E-state index in [4.69, 9.17) is 9.47 Å². The maximum Gasteiger partial charge on any atom is 0.251 e. The third-order valence-electron chi connectivity index (χ3n) is 3.45. The Labute approximate surface area is 141 Å². The summed E-state index contributed by atoms with van der Waals surface area (Å²) in [6.07, 6.45) is 0.843. The molecule has 2 aromatic rings. The molecule has 1 aliphatic heterocycles. The van der Waals surface area contributed by atoms with Crippen molar-refractivity contribution in [3.63, 3.8) is 0 Å². The van der Waals surface area contributed by atoms with E-state index in [1.807, 2.05) is 18.2 Å². The lowest BCUT2D eigenvalue weighted by molar-refractivity contribution is 0.0950. The van der Waals surface area contributed by atoms with Crippen molar-refractivity contribution >= 4 is 21.8 Å². The van der Waals surface area contributed by atoms with Crippen LogP contribution in [-0.4, -0.2) is 19.1 Å². The van der Waals surface area contributed by atoms with E-state index in [2.05, 4.69) is 21.2 Å². The molecule has 6 heteroatoms. The summed E-state index contributed by atoms with van der Waals surface area (Å²) in [4.78, 5) is 12.1. The Morgan fingerprint density at radius 1 is 1.13 bits per heavy atom. The minimum atomic E-state index is -0.465. The van der Waals surface area contributed by atoms with Gasteiger partial charge in [-0.1, -0.05) is 6.07 Å². The Balaban J connectivity index is 1.67. The molecule has 23 heavy (non-hydrogen) atoms. The SMILES string of the molecule is O=C(NCc1ccc2c(c1)OCCCO2)c1ccc(Br)c(F)c1. The van der Waals surface area contributed by atoms with Gasteiger partial charge in [0, 0.05) is 18.5 Å². The van der Waals surface area contributed by atoms with Gasteiger partial charge in [-0.2, -0.15) is 0 Å². The van der Waals surface area contributed by atoms with E-state index in [1.165, 1.54) is 12.1 Å². The molecule has 0 spiro atoms. The van der Waals surface area contributed by atoms with Gasteiger partial charge in [0.15, 0.2) is 11.5 Å². The molecule has 0 saturated carbocycles. The maximum atomic E-state index is 13.5. The van der Waals surface area contributed by atoms with Gasteiger partial charge >= 0.3 is 0 Å². The number of fused-ring (bicyclic) bond motifs is 1. The number of hydrogen-bond donors (Lipinski definition) is 1. The summed E-state index contributed by atoms with van der Waals surface area (Å²) in [5.74, 6) is 0.605. The van der Waals surface area contributed by atoms with Crippen molar-refractivity contribution in [3.05, 3.63) is 57.8 Å². The molecular formula is C17H15BrFNO3. The van der Waals surface area contributed by atoms with Gasteiger partial charge in [0.05, 0.1) is 17.7 Å². The molecule has 0 atom stereocenters. The lowest BCUT2D eigenvalue weighted by atomic mass is 10.1. The van der Waals surface area contributed by atoms with Crippen LogP contribution in [0.1, 0.15) is 22.3 Å². The zero-order chi connectivity index (χ0) is 16.2. The average Bonchev–Trinajstić information content (AvgIpc) is 2.80. The van der Waals surface area contributed by atoms with Gasteiger partial charge < -0.3 is 14.8 Å². The first-order valence-electron chi connectivity index (χ1n) is 7.25. The van der Waals surface area contributed by atoms with Crippen LogP contribution in [0, 0.1) is 5.82 Å². The topological polar surface area (TPSA) is 47.6 Å². The van der Waals surface area contributed by atoms with E-state index in [9.17, 15) is 9.18 Å². The summed E-state index contributed by atoms with van der Waals surface area (Å²) in [6, 6.07) is 9.84.